The number of piperazine rings is 1. The number of carbonyl (C=O) groups excluding carboxylic acids is 2. The Morgan fingerprint density at radius 1 is 0.812 bits per heavy atom. The number of ether oxygens (including phenoxy) is 1. The van der Waals surface area contributed by atoms with Gasteiger partial charge in [0.2, 0.25) is 0 Å². The normalized spacial score (nSPS) is 14.7. The number of carbonyl (C=O) groups is 2. The van der Waals surface area contributed by atoms with Crippen molar-refractivity contribution in [2.75, 3.05) is 26.2 Å². The zero-order valence-corrected chi connectivity index (χ0v) is 19.3. The molecule has 0 aliphatic carbocycles. The highest BCUT2D eigenvalue weighted by Crippen LogP contribution is 2.10. The van der Waals surface area contributed by atoms with E-state index in [9.17, 15) is 9.59 Å². The van der Waals surface area contributed by atoms with Gasteiger partial charge >= 0.3 is 12.1 Å². The van der Waals surface area contributed by atoms with Gasteiger partial charge in [0, 0.05) is 45.8 Å². The molecular weight excluding hydrogens is 404 g/mol. The van der Waals surface area contributed by atoms with Crippen LogP contribution in [0.3, 0.4) is 0 Å². The fourth-order valence-electron chi connectivity index (χ4n) is 3.50. The monoisotopic (exact) mass is 438 g/mol. The second-order valence-electron chi connectivity index (χ2n) is 9.08. The smallest absolute Gasteiger partial charge is 0.407 e. The van der Waals surface area contributed by atoms with Crippen molar-refractivity contribution < 1.29 is 14.3 Å². The Morgan fingerprint density at radius 2 is 1.38 bits per heavy atom. The molecule has 0 atom stereocenters. The van der Waals surface area contributed by atoms with Gasteiger partial charge in [0.1, 0.15) is 5.60 Å². The van der Waals surface area contributed by atoms with Crippen molar-refractivity contribution in [3.63, 3.8) is 0 Å². The van der Waals surface area contributed by atoms with Crippen LogP contribution < -0.4 is 10.6 Å². The van der Waals surface area contributed by atoms with Crippen molar-refractivity contribution in [2.45, 2.75) is 46.0 Å². The Hall–Kier alpha value is -3.06. The molecule has 2 N–H and O–H groups in total. The van der Waals surface area contributed by atoms with Gasteiger partial charge in [0.05, 0.1) is 0 Å². The summed E-state index contributed by atoms with van der Waals surface area (Å²) in [6.07, 6.45) is -0.433. The minimum atomic E-state index is -0.513. The summed E-state index contributed by atoms with van der Waals surface area (Å²) in [5.74, 6) is 0. The molecule has 1 saturated heterocycles. The Labute approximate surface area is 190 Å². The summed E-state index contributed by atoms with van der Waals surface area (Å²) in [5.41, 5.74) is 2.78. The first kappa shape index (κ1) is 23.6. The third-order valence-corrected chi connectivity index (χ3v) is 5.21. The van der Waals surface area contributed by atoms with Gasteiger partial charge < -0.3 is 20.3 Å². The number of alkyl carbamates (subject to hydrolysis) is 1. The average molecular weight is 439 g/mol. The maximum atomic E-state index is 12.5. The van der Waals surface area contributed by atoms with Crippen LogP contribution in [-0.2, 0) is 24.4 Å². The lowest BCUT2D eigenvalue weighted by Gasteiger charge is -2.34. The van der Waals surface area contributed by atoms with Crippen LogP contribution >= 0.6 is 0 Å². The molecule has 172 valence electrons. The number of nitrogens with zero attached hydrogens (tertiary/aromatic N) is 2. The van der Waals surface area contributed by atoms with Crippen LogP contribution in [0.4, 0.5) is 9.59 Å². The molecule has 1 fully saturated rings. The first-order chi connectivity index (χ1) is 15.3. The Bertz CT molecular complexity index is 870. The summed E-state index contributed by atoms with van der Waals surface area (Å²) in [6, 6.07) is 18.2. The summed E-state index contributed by atoms with van der Waals surface area (Å²) in [4.78, 5) is 28.5. The zero-order valence-electron chi connectivity index (χ0n) is 19.3. The third kappa shape index (κ3) is 7.89. The maximum Gasteiger partial charge on any atom is 0.407 e. The fourth-order valence-corrected chi connectivity index (χ4v) is 3.50. The van der Waals surface area contributed by atoms with Gasteiger partial charge in [-0.2, -0.15) is 0 Å². The number of amides is 3. The number of rotatable bonds is 6. The summed E-state index contributed by atoms with van der Waals surface area (Å²) < 4.78 is 5.24. The molecule has 0 radical (unpaired) electrons. The number of benzene rings is 2. The van der Waals surface area contributed by atoms with E-state index in [0.29, 0.717) is 13.1 Å². The zero-order chi connectivity index (χ0) is 23.0. The van der Waals surface area contributed by atoms with Crippen molar-refractivity contribution in [2.24, 2.45) is 0 Å². The summed E-state index contributed by atoms with van der Waals surface area (Å²) >= 11 is 0. The summed E-state index contributed by atoms with van der Waals surface area (Å²) in [6.45, 7) is 10.5. The number of hydrogen-bond donors (Lipinski definition) is 2. The summed E-state index contributed by atoms with van der Waals surface area (Å²) in [5, 5.41) is 5.75. The molecule has 0 saturated carbocycles. The molecule has 1 aliphatic rings. The first-order valence-corrected chi connectivity index (χ1v) is 11.1. The van der Waals surface area contributed by atoms with Crippen molar-refractivity contribution in [1.82, 2.24) is 20.4 Å². The lowest BCUT2D eigenvalue weighted by molar-refractivity contribution is 0.0523. The minimum Gasteiger partial charge on any atom is -0.444 e. The van der Waals surface area contributed by atoms with Gasteiger partial charge in [-0.15, -0.1) is 0 Å². The number of urea groups is 1. The molecule has 0 aromatic heterocycles. The van der Waals surface area contributed by atoms with Crippen LogP contribution in [0.2, 0.25) is 0 Å². The topological polar surface area (TPSA) is 73.9 Å². The molecule has 0 unspecified atom stereocenters. The Morgan fingerprint density at radius 3 is 1.94 bits per heavy atom. The van der Waals surface area contributed by atoms with E-state index in [1.165, 1.54) is 5.56 Å². The van der Waals surface area contributed by atoms with Gasteiger partial charge in [-0.3, -0.25) is 4.90 Å². The van der Waals surface area contributed by atoms with Crippen LogP contribution in [0.25, 0.3) is 0 Å². The van der Waals surface area contributed by atoms with Gasteiger partial charge in [-0.1, -0.05) is 54.6 Å². The largest absolute Gasteiger partial charge is 0.444 e. The lowest BCUT2D eigenvalue weighted by Crippen LogP contribution is -2.51. The quantitative estimate of drug-likeness (QED) is 0.721. The average Bonchev–Trinajstić information content (AvgIpc) is 2.77. The molecule has 1 heterocycles. The highest BCUT2D eigenvalue weighted by molar-refractivity contribution is 5.74. The van der Waals surface area contributed by atoms with Crippen LogP contribution in [0.15, 0.2) is 54.6 Å². The molecular formula is C25H34N4O3. The van der Waals surface area contributed by atoms with E-state index in [0.717, 1.165) is 43.9 Å². The minimum absolute atomic E-state index is 0.0277. The maximum absolute atomic E-state index is 12.5. The van der Waals surface area contributed by atoms with Crippen LogP contribution in [0.1, 0.15) is 37.5 Å². The highest BCUT2D eigenvalue weighted by Gasteiger charge is 2.21. The molecule has 2 aromatic carbocycles. The van der Waals surface area contributed by atoms with Crippen LogP contribution in [0.5, 0.6) is 0 Å². The molecule has 0 spiro atoms. The summed E-state index contributed by atoms with van der Waals surface area (Å²) in [7, 11) is 0. The van der Waals surface area contributed by atoms with Gasteiger partial charge in [0.25, 0.3) is 0 Å². The SMILES string of the molecule is CC(C)(C)OC(=O)NCc1ccc(CNC(=O)N2CCN(Cc3ccccc3)CC2)cc1. The van der Waals surface area contributed by atoms with Crippen LogP contribution in [0, 0.1) is 0 Å². The standard InChI is InChI=1S/C25H34N4O3/c1-25(2,3)32-24(31)27-18-21-11-9-20(10-12-21)17-26-23(30)29-15-13-28(14-16-29)19-22-7-5-4-6-8-22/h4-12H,13-19H2,1-3H3,(H,26,30)(H,27,31). The number of hydrogen-bond acceptors (Lipinski definition) is 4. The van der Waals surface area contributed by atoms with E-state index in [1.807, 2.05) is 56.0 Å². The van der Waals surface area contributed by atoms with Crippen molar-refractivity contribution >= 4 is 12.1 Å². The highest BCUT2D eigenvalue weighted by atomic mass is 16.6. The third-order valence-electron chi connectivity index (χ3n) is 5.21. The molecule has 1 aliphatic heterocycles. The Balaban J connectivity index is 1.36. The van der Waals surface area contributed by atoms with Crippen molar-refractivity contribution in [3.8, 4) is 0 Å². The van der Waals surface area contributed by atoms with E-state index in [4.69, 9.17) is 4.74 Å². The second kappa shape index (κ2) is 11.0. The molecule has 3 rings (SSSR count). The first-order valence-electron chi connectivity index (χ1n) is 11.1. The predicted molar refractivity (Wildman–Crippen MR) is 125 cm³/mol. The molecule has 7 heteroatoms. The lowest BCUT2D eigenvalue weighted by atomic mass is 10.1. The van der Waals surface area contributed by atoms with Gasteiger partial charge in [0.15, 0.2) is 0 Å². The molecule has 2 aromatic rings. The van der Waals surface area contributed by atoms with Gasteiger partial charge in [-0.05, 0) is 37.5 Å². The van der Waals surface area contributed by atoms with Crippen LogP contribution in [-0.4, -0.2) is 53.7 Å². The molecule has 7 nitrogen and oxygen atoms in total. The molecule has 0 bridgehead atoms. The fraction of sp³-hybridized carbons (Fsp3) is 0.440. The second-order valence-corrected chi connectivity index (χ2v) is 9.08. The van der Waals surface area contributed by atoms with Crippen molar-refractivity contribution in [3.05, 3.63) is 71.3 Å². The van der Waals surface area contributed by atoms with Crippen molar-refractivity contribution in [1.29, 1.82) is 0 Å². The van der Waals surface area contributed by atoms with E-state index >= 15 is 0 Å². The van der Waals surface area contributed by atoms with E-state index in [-0.39, 0.29) is 6.03 Å². The predicted octanol–water partition coefficient (Wildman–Crippen LogP) is 3.74. The molecule has 3 amide bonds. The molecule has 32 heavy (non-hydrogen) atoms. The Kier molecular flexibility index (Phi) is 8.11. The van der Waals surface area contributed by atoms with E-state index in [2.05, 4.69) is 39.8 Å². The van der Waals surface area contributed by atoms with E-state index < -0.39 is 11.7 Å². The number of nitrogens with one attached hydrogen (secondary N) is 2. The van der Waals surface area contributed by atoms with Gasteiger partial charge in [-0.25, -0.2) is 9.59 Å². The van der Waals surface area contributed by atoms with E-state index in [1.54, 1.807) is 0 Å².